The molecule has 1 aromatic carbocycles. The molecule has 18 heavy (non-hydrogen) atoms. The molecule has 0 aliphatic heterocycles. The summed E-state index contributed by atoms with van der Waals surface area (Å²) >= 11 is 0. The predicted octanol–water partition coefficient (Wildman–Crippen LogP) is 2.50. The monoisotopic (exact) mass is 248 g/mol. The third-order valence-electron chi connectivity index (χ3n) is 2.82. The summed E-state index contributed by atoms with van der Waals surface area (Å²) in [6.45, 7) is 2.01. The molecule has 5 heteroatoms. The van der Waals surface area contributed by atoms with Crippen LogP contribution < -0.4 is 15.2 Å². The molecule has 5 nitrogen and oxygen atoms in total. The van der Waals surface area contributed by atoms with Gasteiger partial charge in [-0.25, -0.2) is 0 Å². The number of aromatic nitrogens is 1. The zero-order chi connectivity index (χ0) is 13.1. The van der Waals surface area contributed by atoms with Crippen molar-refractivity contribution in [2.45, 2.75) is 13.3 Å². The summed E-state index contributed by atoms with van der Waals surface area (Å²) in [6, 6.07) is 5.56. The van der Waals surface area contributed by atoms with Crippen LogP contribution >= 0.6 is 0 Å². The zero-order valence-corrected chi connectivity index (χ0v) is 10.7. The SMILES string of the molecule is CCc1c(N)noc1-c1ccc(OC)c(OC)c1. The summed E-state index contributed by atoms with van der Waals surface area (Å²) < 4.78 is 15.7. The highest BCUT2D eigenvalue weighted by Crippen LogP contribution is 2.35. The molecule has 0 bridgehead atoms. The highest BCUT2D eigenvalue weighted by atomic mass is 16.5. The Morgan fingerprint density at radius 2 is 1.94 bits per heavy atom. The molecule has 0 aliphatic rings. The van der Waals surface area contributed by atoms with Gasteiger partial charge < -0.3 is 19.7 Å². The Morgan fingerprint density at radius 1 is 1.22 bits per heavy atom. The summed E-state index contributed by atoms with van der Waals surface area (Å²) in [6.07, 6.45) is 0.763. The van der Waals surface area contributed by atoms with Gasteiger partial charge in [-0.1, -0.05) is 12.1 Å². The Hall–Kier alpha value is -2.17. The van der Waals surface area contributed by atoms with Gasteiger partial charge in [-0.15, -0.1) is 0 Å². The molecule has 0 spiro atoms. The van der Waals surface area contributed by atoms with Crippen LogP contribution in [0.2, 0.25) is 0 Å². The summed E-state index contributed by atoms with van der Waals surface area (Å²) in [5.74, 6) is 2.43. The maximum Gasteiger partial charge on any atom is 0.172 e. The normalized spacial score (nSPS) is 10.4. The molecular weight excluding hydrogens is 232 g/mol. The number of nitrogens with two attached hydrogens (primary N) is 1. The molecule has 1 heterocycles. The van der Waals surface area contributed by atoms with Crippen molar-refractivity contribution >= 4 is 5.82 Å². The van der Waals surface area contributed by atoms with E-state index in [0.29, 0.717) is 23.1 Å². The van der Waals surface area contributed by atoms with Crippen molar-refractivity contribution in [3.05, 3.63) is 23.8 Å². The van der Waals surface area contributed by atoms with E-state index < -0.39 is 0 Å². The molecular formula is C13H16N2O3. The lowest BCUT2D eigenvalue weighted by Gasteiger charge is -2.08. The molecule has 2 N–H and O–H groups in total. The number of benzene rings is 1. The van der Waals surface area contributed by atoms with Crippen LogP contribution in [0.4, 0.5) is 5.82 Å². The fraction of sp³-hybridized carbons (Fsp3) is 0.308. The maximum absolute atomic E-state index is 5.76. The van der Waals surface area contributed by atoms with Crippen LogP contribution in [-0.2, 0) is 6.42 Å². The van der Waals surface area contributed by atoms with E-state index in [9.17, 15) is 0 Å². The van der Waals surface area contributed by atoms with Crippen LogP contribution in [0.25, 0.3) is 11.3 Å². The Bertz CT molecular complexity index is 549. The van der Waals surface area contributed by atoms with Gasteiger partial charge in [0.15, 0.2) is 23.1 Å². The maximum atomic E-state index is 5.76. The first kappa shape index (κ1) is 12.3. The third-order valence-corrected chi connectivity index (χ3v) is 2.82. The lowest BCUT2D eigenvalue weighted by molar-refractivity contribution is 0.355. The number of nitrogen functional groups attached to an aromatic ring is 1. The van der Waals surface area contributed by atoms with E-state index >= 15 is 0 Å². The minimum atomic E-state index is 0.433. The van der Waals surface area contributed by atoms with Gasteiger partial charge in [0.2, 0.25) is 0 Å². The Balaban J connectivity index is 2.50. The van der Waals surface area contributed by atoms with Crippen LogP contribution in [0.3, 0.4) is 0 Å². The van der Waals surface area contributed by atoms with Crippen LogP contribution in [0, 0.1) is 0 Å². The van der Waals surface area contributed by atoms with Crippen LogP contribution in [0.5, 0.6) is 11.5 Å². The van der Waals surface area contributed by atoms with Gasteiger partial charge in [0.1, 0.15) is 0 Å². The fourth-order valence-electron chi connectivity index (χ4n) is 1.87. The van der Waals surface area contributed by atoms with Crippen molar-refractivity contribution in [3.63, 3.8) is 0 Å². The molecule has 0 radical (unpaired) electrons. The van der Waals surface area contributed by atoms with E-state index in [1.807, 2.05) is 25.1 Å². The lowest BCUT2D eigenvalue weighted by atomic mass is 10.1. The second-order valence-electron chi connectivity index (χ2n) is 3.80. The molecule has 0 unspecified atom stereocenters. The summed E-state index contributed by atoms with van der Waals surface area (Å²) in [5.41, 5.74) is 7.53. The molecule has 0 saturated carbocycles. The fourth-order valence-corrected chi connectivity index (χ4v) is 1.87. The second kappa shape index (κ2) is 5.00. The number of hydrogen-bond donors (Lipinski definition) is 1. The number of nitrogens with zero attached hydrogens (tertiary/aromatic N) is 1. The molecule has 2 aromatic rings. The van der Waals surface area contributed by atoms with E-state index in [1.165, 1.54) is 0 Å². The van der Waals surface area contributed by atoms with Gasteiger partial charge in [0.25, 0.3) is 0 Å². The molecule has 0 fully saturated rings. The van der Waals surface area contributed by atoms with Crippen molar-refractivity contribution in [3.8, 4) is 22.8 Å². The Labute approximate surface area is 105 Å². The predicted molar refractivity (Wildman–Crippen MR) is 68.8 cm³/mol. The molecule has 0 atom stereocenters. The number of hydrogen-bond acceptors (Lipinski definition) is 5. The van der Waals surface area contributed by atoms with Crippen LogP contribution in [0.1, 0.15) is 12.5 Å². The number of rotatable bonds is 4. The molecule has 1 aromatic heterocycles. The number of methoxy groups -OCH3 is 2. The van der Waals surface area contributed by atoms with Gasteiger partial charge in [-0.2, -0.15) is 0 Å². The van der Waals surface area contributed by atoms with Gasteiger partial charge in [0, 0.05) is 11.1 Å². The zero-order valence-electron chi connectivity index (χ0n) is 10.7. The van der Waals surface area contributed by atoms with E-state index in [0.717, 1.165) is 17.5 Å². The van der Waals surface area contributed by atoms with Gasteiger partial charge >= 0.3 is 0 Å². The molecule has 0 aliphatic carbocycles. The largest absolute Gasteiger partial charge is 0.493 e. The lowest BCUT2D eigenvalue weighted by Crippen LogP contribution is -1.93. The average Bonchev–Trinajstić information content (AvgIpc) is 2.78. The first-order valence-corrected chi connectivity index (χ1v) is 5.67. The minimum Gasteiger partial charge on any atom is -0.493 e. The smallest absolute Gasteiger partial charge is 0.172 e. The van der Waals surface area contributed by atoms with Gasteiger partial charge in [0.05, 0.1) is 14.2 Å². The van der Waals surface area contributed by atoms with E-state index in [-0.39, 0.29) is 0 Å². The van der Waals surface area contributed by atoms with Crippen LogP contribution in [0.15, 0.2) is 22.7 Å². The minimum absolute atomic E-state index is 0.433. The topological polar surface area (TPSA) is 70.5 Å². The summed E-state index contributed by atoms with van der Waals surface area (Å²) in [5, 5.41) is 3.79. The number of ether oxygens (including phenoxy) is 2. The van der Waals surface area contributed by atoms with Crippen molar-refractivity contribution in [2.24, 2.45) is 0 Å². The van der Waals surface area contributed by atoms with Crippen molar-refractivity contribution < 1.29 is 14.0 Å². The molecule has 2 rings (SSSR count). The summed E-state index contributed by atoms with van der Waals surface area (Å²) in [4.78, 5) is 0. The number of anilines is 1. The highest BCUT2D eigenvalue weighted by Gasteiger charge is 2.15. The van der Waals surface area contributed by atoms with Crippen molar-refractivity contribution in [1.82, 2.24) is 5.16 Å². The van der Waals surface area contributed by atoms with Crippen LogP contribution in [-0.4, -0.2) is 19.4 Å². The van der Waals surface area contributed by atoms with Crippen molar-refractivity contribution in [2.75, 3.05) is 20.0 Å². The molecule has 0 saturated heterocycles. The highest BCUT2D eigenvalue weighted by molar-refractivity contribution is 5.68. The van der Waals surface area contributed by atoms with Crippen molar-refractivity contribution in [1.29, 1.82) is 0 Å². The standard InChI is InChI=1S/C13H16N2O3/c1-4-9-12(18-15-13(9)14)8-5-6-10(16-2)11(7-8)17-3/h5-7H,4H2,1-3H3,(H2,14,15). The first-order chi connectivity index (χ1) is 8.71. The van der Waals surface area contributed by atoms with Gasteiger partial charge in [-0.3, -0.25) is 0 Å². The van der Waals surface area contributed by atoms with E-state index in [1.54, 1.807) is 14.2 Å². The molecule has 0 amide bonds. The Kier molecular flexibility index (Phi) is 3.41. The average molecular weight is 248 g/mol. The second-order valence-corrected chi connectivity index (χ2v) is 3.80. The Morgan fingerprint density at radius 3 is 2.56 bits per heavy atom. The van der Waals surface area contributed by atoms with E-state index in [4.69, 9.17) is 19.7 Å². The summed E-state index contributed by atoms with van der Waals surface area (Å²) in [7, 11) is 3.19. The quantitative estimate of drug-likeness (QED) is 0.900. The van der Waals surface area contributed by atoms with E-state index in [2.05, 4.69) is 5.16 Å². The molecule has 96 valence electrons. The third kappa shape index (κ3) is 1.99. The van der Waals surface area contributed by atoms with Gasteiger partial charge in [-0.05, 0) is 24.6 Å². The first-order valence-electron chi connectivity index (χ1n) is 5.67.